The Morgan fingerprint density at radius 3 is 2.16 bits per heavy atom. The Hall–Kier alpha value is -3.16. The molecule has 6 nitrogen and oxygen atoms in total. The van der Waals surface area contributed by atoms with E-state index in [-0.39, 0.29) is 12.5 Å². The molecule has 1 aliphatic rings. The normalized spacial score (nSPS) is 14.3. The van der Waals surface area contributed by atoms with E-state index in [1.807, 2.05) is 48.5 Å². The predicted octanol–water partition coefficient (Wildman–Crippen LogP) is 4.47. The lowest BCUT2D eigenvalue weighted by atomic mass is 9.98. The Labute approximate surface area is 187 Å². The maximum absolute atomic E-state index is 12.4. The van der Waals surface area contributed by atoms with Crippen molar-refractivity contribution in [1.82, 2.24) is 5.32 Å². The van der Waals surface area contributed by atoms with Gasteiger partial charge in [0.2, 0.25) is 0 Å². The van der Waals surface area contributed by atoms with Gasteiger partial charge < -0.3 is 20.3 Å². The van der Waals surface area contributed by atoms with Crippen LogP contribution in [0, 0.1) is 0 Å². The summed E-state index contributed by atoms with van der Waals surface area (Å²) in [5, 5.41) is 22.3. The van der Waals surface area contributed by atoms with Crippen LogP contribution in [-0.4, -0.2) is 34.9 Å². The third-order valence-electron chi connectivity index (χ3n) is 5.39. The molecule has 3 aromatic rings. The van der Waals surface area contributed by atoms with Crippen molar-refractivity contribution in [2.45, 2.75) is 18.1 Å². The third kappa shape index (κ3) is 4.33. The molecule has 0 saturated heterocycles. The zero-order valence-electron chi connectivity index (χ0n) is 16.4. The van der Waals surface area contributed by atoms with Crippen molar-refractivity contribution in [2.75, 3.05) is 6.61 Å². The minimum atomic E-state index is -1.55. The Morgan fingerprint density at radius 2 is 1.58 bits per heavy atom. The average Bonchev–Trinajstić information content (AvgIpc) is 3.09. The van der Waals surface area contributed by atoms with Crippen molar-refractivity contribution in [1.29, 1.82) is 0 Å². The van der Waals surface area contributed by atoms with Gasteiger partial charge in [-0.3, -0.25) is 0 Å². The third-order valence-corrected chi connectivity index (χ3v) is 5.88. The Balaban J connectivity index is 1.47. The molecular weight excluding hydrogens is 462 g/mol. The molecule has 1 aliphatic carbocycles. The number of hydrogen-bond donors (Lipinski definition) is 3. The minimum Gasteiger partial charge on any atom is -0.480 e. The van der Waals surface area contributed by atoms with Crippen molar-refractivity contribution >= 4 is 28.0 Å². The van der Waals surface area contributed by atoms with Gasteiger partial charge in [0.25, 0.3) is 0 Å². The van der Waals surface area contributed by atoms with Gasteiger partial charge in [-0.2, -0.15) is 0 Å². The number of carboxylic acid groups (broad SMARTS) is 1. The fraction of sp³-hybridized carbons (Fsp3) is 0.167. The van der Waals surface area contributed by atoms with Crippen LogP contribution in [0.15, 0.2) is 77.3 Å². The van der Waals surface area contributed by atoms with Gasteiger partial charge in [-0.25, -0.2) is 9.59 Å². The smallest absolute Gasteiger partial charge is 0.407 e. The zero-order valence-corrected chi connectivity index (χ0v) is 18.0. The quantitative estimate of drug-likeness (QED) is 0.482. The van der Waals surface area contributed by atoms with E-state index < -0.39 is 24.2 Å². The molecule has 7 heteroatoms. The molecule has 31 heavy (non-hydrogen) atoms. The van der Waals surface area contributed by atoms with Crippen molar-refractivity contribution < 1.29 is 24.5 Å². The molecule has 3 N–H and O–H groups in total. The first-order valence-corrected chi connectivity index (χ1v) is 10.5. The van der Waals surface area contributed by atoms with Gasteiger partial charge in [0.15, 0.2) is 6.04 Å². The van der Waals surface area contributed by atoms with Crippen molar-refractivity contribution in [3.8, 4) is 11.1 Å². The number of halogens is 1. The van der Waals surface area contributed by atoms with E-state index in [2.05, 4.69) is 21.2 Å². The van der Waals surface area contributed by atoms with Gasteiger partial charge in [-0.15, -0.1) is 0 Å². The summed E-state index contributed by atoms with van der Waals surface area (Å²) in [6.45, 7) is 0.0547. The number of nitrogens with one attached hydrogen (secondary N) is 1. The number of rotatable bonds is 6. The van der Waals surface area contributed by atoms with Crippen LogP contribution in [0.25, 0.3) is 11.1 Å². The highest BCUT2D eigenvalue weighted by Crippen LogP contribution is 2.44. The lowest BCUT2D eigenvalue weighted by molar-refractivity contribution is -0.142. The number of hydrogen-bond acceptors (Lipinski definition) is 4. The first kappa shape index (κ1) is 21.1. The van der Waals surface area contributed by atoms with Crippen LogP contribution in [0.4, 0.5) is 4.79 Å². The second-order valence-electron chi connectivity index (χ2n) is 7.29. The van der Waals surface area contributed by atoms with Crippen LogP contribution < -0.4 is 5.32 Å². The molecule has 0 aliphatic heterocycles. The number of aliphatic carboxylic acids is 1. The maximum Gasteiger partial charge on any atom is 0.407 e. The summed E-state index contributed by atoms with van der Waals surface area (Å²) in [4.78, 5) is 24.1. The highest BCUT2D eigenvalue weighted by atomic mass is 79.9. The fourth-order valence-corrected chi connectivity index (χ4v) is 4.34. The standard InChI is InChI=1S/C24H20BrNO5/c25-15-7-5-6-14(12-15)22(27)21(23(28)29)26-24(30)31-13-20-18-10-3-1-8-16(18)17-9-2-4-11-19(17)20/h1-12,20-22,27H,13H2,(H,26,30)(H,28,29)/t21-,22+/m0/s1. The number of carbonyl (C=O) groups is 2. The molecule has 3 aromatic carbocycles. The second-order valence-corrected chi connectivity index (χ2v) is 8.20. The molecule has 0 saturated carbocycles. The number of ether oxygens (including phenoxy) is 1. The molecule has 0 bridgehead atoms. The molecule has 4 rings (SSSR count). The van der Waals surface area contributed by atoms with Crippen LogP contribution >= 0.6 is 15.9 Å². The van der Waals surface area contributed by atoms with Gasteiger partial charge in [0.1, 0.15) is 12.7 Å². The SMILES string of the molecule is O=C(N[C@H](C(=O)O)[C@H](O)c1cccc(Br)c1)OCC1c2ccccc2-c2ccccc21. The highest BCUT2D eigenvalue weighted by Gasteiger charge is 2.32. The van der Waals surface area contributed by atoms with E-state index in [1.165, 1.54) is 0 Å². The topological polar surface area (TPSA) is 95.9 Å². The van der Waals surface area contributed by atoms with Gasteiger partial charge in [0, 0.05) is 10.4 Å². The van der Waals surface area contributed by atoms with Crippen LogP contribution in [-0.2, 0) is 9.53 Å². The van der Waals surface area contributed by atoms with Crippen LogP contribution in [0.1, 0.15) is 28.7 Å². The summed E-state index contributed by atoms with van der Waals surface area (Å²) in [5.41, 5.74) is 4.67. The molecule has 158 valence electrons. The fourth-order valence-electron chi connectivity index (χ4n) is 3.93. The Kier molecular flexibility index (Phi) is 6.06. The summed E-state index contributed by atoms with van der Waals surface area (Å²) >= 11 is 3.29. The average molecular weight is 482 g/mol. The maximum atomic E-state index is 12.4. The molecule has 0 unspecified atom stereocenters. The highest BCUT2D eigenvalue weighted by molar-refractivity contribution is 9.10. The first-order chi connectivity index (χ1) is 15.0. The van der Waals surface area contributed by atoms with Crippen molar-refractivity contribution in [3.05, 3.63) is 94.0 Å². The number of fused-ring (bicyclic) bond motifs is 3. The van der Waals surface area contributed by atoms with Crippen LogP contribution in [0.2, 0.25) is 0 Å². The second kappa shape index (κ2) is 8.91. The lowest BCUT2D eigenvalue weighted by Crippen LogP contribution is -2.45. The van der Waals surface area contributed by atoms with E-state index in [4.69, 9.17) is 4.74 Å². The number of amides is 1. The van der Waals surface area contributed by atoms with E-state index >= 15 is 0 Å². The number of aliphatic hydroxyl groups excluding tert-OH is 1. The molecule has 2 atom stereocenters. The number of benzene rings is 3. The van der Waals surface area contributed by atoms with Gasteiger partial charge >= 0.3 is 12.1 Å². The van der Waals surface area contributed by atoms with Crippen LogP contribution in [0.5, 0.6) is 0 Å². The van der Waals surface area contributed by atoms with E-state index in [0.717, 1.165) is 22.3 Å². The summed E-state index contributed by atoms with van der Waals surface area (Å²) in [7, 11) is 0. The van der Waals surface area contributed by atoms with Crippen molar-refractivity contribution in [3.63, 3.8) is 0 Å². The molecule has 1 amide bonds. The Bertz CT molecular complexity index is 1090. The largest absolute Gasteiger partial charge is 0.480 e. The number of aliphatic hydroxyl groups is 1. The lowest BCUT2D eigenvalue weighted by Gasteiger charge is -2.21. The predicted molar refractivity (Wildman–Crippen MR) is 119 cm³/mol. The van der Waals surface area contributed by atoms with Gasteiger partial charge in [-0.05, 0) is 39.9 Å². The van der Waals surface area contributed by atoms with E-state index in [9.17, 15) is 19.8 Å². The van der Waals surface area contributed by atoms with E-state index in [0.29, 0.717) is 10.0 Å². The molecular formula is C24H20BrNO5. The number of alkyl carbamates (subject to hydrolysis) is 1. The molecule has 0 heterocycles. The molecule has 0 radical (unpaired) electrons. The van der Waals surface area contributed by atoms with Crippen LogP contribution in [0.3, 0.4) is 0 Å². The summed E-state index contributed by atoms with van der Waals surface area (Å²) in [5.74, 6) is -1.50. The molecule has 0 spiro atoms. The number of carbonyl (C=O) groups excluding carboxylic acids is 1. The molecule has 0 fully saturated rings. The monoisotopic (exact) mass is 481 g/mol. The van der Waals surface area contributed by atoms with Crippen molar-refractivity contribution in [2.24, 2.45) is 0 Å². The molecule has 0 aromatic heterocycles. The van der Waals surface area contributed by atoms with Gasteiger partial charge in [-0.1, -0.05) is 76.6 Å². The summed E-state index contributed by atoms with van der Waals surface area (Å²) in [6, 6.07) is 20.9. The van der Waals surface area contributed by atoms with E-state index in [1.54, 1.807) is 24.3 Å². The Morgan fingerprint density at radius 1 is 0.968 bits per heavy atom. The summed E-state index contributed by atoms with van der Waals surface area (Å²) < 4.78 is 6.09. The summed E-state index contributed by atoms with van der Waals surface area (Å²) in [6.07, 6.45) is -2.33. The first-order valence-electron chi connectivity index (χ1n) is 9.73. The van der Waals surface area contributed by atoms with Gasteiger partial charge in [0.05, 0.1) is 0 Å². The number of carboxylic acids is 1. The minimum absolute atomic E-state index is 0.0547. The zero-order chi connectivity index (χ0) is 22.0.